The number of carbonyl (C=O) groups is 1. The number of piperidine rings is 1. The van der Waals surface area contributed by atoms with E-state index in [4.69, 9.17) is 0 Å². The SMILES string of the molecule is O=C(Nc1cccc(N2CCCCC2)c1)c1cccn1Cc1ccccc1. The monoisotopic (exact) mass is 359 g/mol. The predicted octanol–water partition coefficient (Wildman–Crippen LogP) is 4.78. The molecule has 27 heavy (non-hydrogen) atoms. The van der Waals surface area contributed by atoms with E-state index in [1.807, 2.05) is 53.2 Å². The van der Waals surface area contributed by atoms with Gasteiger partial charge in [-0.05, 0) is 55.2 Å². The molecule has 1 amide bonds. The third kappa shape index (κ3) is 4.22. The van der Waals surface area contributed by atoms with Crippen molar-refractivity contribution in [3.8, 4) is 0 Å². The van der Waals surface area contributed by atoms with Crippen molar-refractivity contribution in [3.63, 3.8) is 0 Å². The van der Waals surface area contributed by atoms with Crippen LogP contribution in [-0.4, -0.2) is 23.6 Å². The fourth-order valence-electron chi connectivity index (χ4n) is 3.67. The Labute approximate surface area is 160 Å². The number of hydrogen-bond acceptors (Lipinski definition) is 2. The molecule has 138 valence electrons. The highest BCUT2D eigenvalue weighted by Crippen LogP contribution is 2.23. The molecule has 0 saturated carbocycles. The summed E-state index contributed by atoms with van der Waals surface area (Å²) in [6.07, 6.45) is 5.74. The van der Waals surface area contributed by atoms with Crippen LogP contribution in [-0.2, 0) is 6.54 Å². The molecule has 4 nitrogen and oxygen atoms in total. The lowest BCUT2D eigenvalue weighted by molar-refractivity contribution is 0.101. The normalized spacial score (nSPS) is 14.1. The van der Waals surface area contributed by atoms with Crippen molar-refractivity contribution >= 4 is 17.3 Å². The molecule has 0 radical (unpaired) electrons. The van der Waals surface area contributed by atoms with E-state index >= 15 is 0 Å². The van der Waals surface area contributed by atoms with Gasteiger partial charge in [-0.1, -0.05) is 36.4 Å². The Balaban J connectivity index is 1.48. The second kappa shape index (κ2) is 8.12. The Bertz CT molecular complexity index is 895. The van der Waals surface area contributed by atoms with Gasteiger partial charge in [0.2, 0.25) is 0 Å². The molecule has 0 bridgehead atoms. The van der Waals surface area contributed by atoms with Crippen LogP contribution in [0.5, 0.6) is 0 Å². The number of amides is 1. The molecule has 0 aliphatic carbocycles. The molecule has 1 aliphatic heterocycles. The summed E-state index contributed by atoms with van der Waals surface area (Å²) in [6, 6.07) is 22.1. The number of anilines is 2. The number of rotatable bonds is 5. The number of nitrogens with zero attached hydrogens (tertiary/aromatic N) is 2. The lowest BCUT2D eigenvalue weighted by atomic mass is 10.1. The van der Waals surface area contributed by atoms with Crippen LogP contribution >= 0.6 is 0 Å². The summed E-state index contributed by atoms with van der Waals surface area (Å²) in [5, 5.41) is 3.06. The summed E-state index contributed by atoms with van der Waals surface area (Å²) in [7, 11) is 0. The van der Waals surface area contributed by atoms with E-state index in [0.717, 1.165) is 18.8 Å². The van der Waals surface area contributed by atoms with Crippen molar-refractivity contribution in [2.24, 2.45) is 0 Å². The third-order valence-electron chi connectivity index (χ3n) is 5.08. The summed E-state index contributed by atoms with van der Waals surface area (Å²) >= 11 is 0. The molecule has 1 aliphatic rings. The lowest BCUT2D eigenvalue weighted by Crippen LogP contribution is -2.29. The molecule has 4 heteroatoms. The number of benzene rings is 2. The maximum Gasteiger partial charge on any atom is 0.272 e. The molecule has 0 unspecified atom stereocenters. The largest absolute Gasteiger partial charge is 0.371 e. The first kappa shape index (κ1) is 17.4. The first-order valence-corrected chi connectivity index (χ1v) is 9.65. The summed E-state index contributed by atoms with van der Waals surface area (Å²) in [4.78, 5) is 15.2. The number of carbonyl (C=O) groups excluding carboxylic acids is 1. The van der Waals surface area contributed by atoms with Gasteiger partial charge in [0.25, 0.3) is 5.91 Å². The lowest BCUT2D eigenvalue weighted by Gasteiger charge is -2.29. The summed E-state index contributed by atoms with van der Waals surface area (Å²) in [6.45, 7) is 2.87. The van der Waals surface area contributed by atoms with E-state index in [-0.39, 0.29) is 5.91 Å². The van der Waals surface area contributed by atoms with Crippen molar-refractivity contribution < 1.29 is 4.79 Å². The van der Waals surface area contributed by atoms with Crippen LogP contribution in [0.1, 0.15) is 35.3 Å². The molecular formula is C23H25N3O. The van der Waals surface area contributed by atoms with Gasteiger partial charge in [-0.3, -0.25) is 4.79 Å². The average molecular weight is 359 g/mol. The third-order valence-corrected chi connectivity index (χ3v) is 5.08. The second-order valence-corrected chi connectivity index (χ2v) is 7.06. The van der Waals surface area contributed by atoms with Gasteiger partial charge in [-0.15, -0.1) is 0 Å². The highest BCUT2D eigenvalue weighted by molar-refractivity contribution is 6.03. The van der Waals surface area contributed by atoms with E-state index in [1.54, 1.807) is 0 Å². The molecule has 1 fully saturated rings. The smallest absolute Gasteiger partial charge is 0.272 e. The quantitative estimate of drug-likeness (QED) is 0.712. The molecule has 1 aromatic heterocycles. The van der Waals surface area contributed by atoms with Crippen molar-refractivity contribution in [1.29, 1.82) is 0 Å². The molecule has 2 aromatic carbocycles. The Hall–Kier alpha value is -3.01. The van der Waals surface area contributed by atoms with Gasteiger partial charge in [-0.25, -0.2) is 0 Å². The van der Waals surface area contributed by atoms with E-state index < -0.39 is 0 Å². The van der Waals surface area contributed by atoms with Crippen LogP contribution in [0.4, 0.5) is 11.4 Å². The van der Waals surface area contributed by atoms with Crippen LogP contribution in [0.2, 0.25) is 0 Å². The number of aromatic nitrogens is 1. The number of hydrogen-bond donors (Lipinski definition) is 1. The molecule has 2 heterocycles. The predicted molar refractivity (Wildman–Crippen MR) is 110 cm³/mol. The topological polar surface area (TPSA) is 37.3 Å². The van der Waals surface area contributed by atoms with Gasteiger partial charge < -0.3 is 14.8 Å². The zero-order valence-corrected chi connectivity index (χ0v) is 15.5. The minimum atomic E-state index is -0.0771. The maximum absolute atomic E-state index is 12.8. The molecule has 1 N–H and O–H groups in total. The standard InChI is InChI=1S/C23H25N3O/c27-23(22-13-8-16-26(22)18-19-9-3-1-4-10-19)24-20-11-7-12-21(17-20)25-14-5-2-6-15-25/h1,3-4,7-13,16-17H,2,5-6,14-15,18H2,(H,24,27). The fraction of sp³-hybridized carbons (Fsp3) is 0.261. The van der Waals surface area contributed by atoms with Crippen molar-refractivity contribution in [2.45, 2.75) is 25.8 Å². The summed E-state index contributed by atoms with van der Waals surface area (Å²) in [5.41, 5.74) is 3.87. The average Bonchev–Trinajstić information content (AvgIpc) is 3.18. The highest BCUT2D eigenvalue weighted by Gasteiger charge is 2.14. The van der Waals surface area contributed by atoms with Crippen molar-refractivity contribution in [2.75, 3.05) is 23.3 Å². The van der Waals surface area contributed by atoms with Crippen LogP contribution in [0.15, 0.2) is 72.9 Å². The van der Waals surface area contributed by atoms with E-state index in [1.165, 1.54) is 30.5 Å². The van der Waals surface area contributed by atoms with Crippen LogP contribution < -0.4 is 10.2 Å². The molecule has 0 atom stereocenters. The van der Waals surface area contributed by atoms with Crippen LogP contribution in [0.25, 0.3) is 0 Å². The van der Waals surface area contributed by atoms with Crippen molar-refractivity contribution in [1.82, 2.24) is 4.57 Å². The Morgan fingerprint density at radius 3 is 2.52 bits per heavy atom. The van der Waals surface area contributed by atoms with E-state index in [9.17, 15) is 4.79 Å². The Morgan fingerprint density at radius 1 is 0.889 bits per heavy atom. The highest BCUT2D eigenvalue weighted by atomic mass is 16.1. The molecule has 0 spiro atoms. The maximum atomic E-state index is 12.8. The zero-order chi connectivity index (χ0) is 18.5. The molecular weight excluding hydrogens is 334 g/mol. The van der Waals surface area contributed by atoms with E-state index in [0.29, 0.717) is 12.2 Å². The first-order valence-electron chi connectivity index (χ1n) is 9.65. The van der Waals surface area contributed by atoms with Gasteiger partial charge in [0, 0.05) is 37.2 Å². The molecule has 1 saturated heterocycles. The minimum absolute atomic E-state index is 0.0771. The second-order valence-electron chi connectivity index (χ2n) is 7.06. The number of nitrogens with one attached hydrogen (secondary N) is 1. The van der Waals surface area contributed by atoms with Crippen LogP contribution in [0.3, 0.4) is 0 Å². The molecule has 4 rings (SSSR count). The van der Waals surface area contributed by atoms with Gasteiger partial charge in [0.15, 0.2) is 0 Å². The van der Waals surface area contributed by atoms with E-state index in [2.05, 4.69) is 34.5 Å². The molecule has 3 aromatic rings. The fourth-order valence-corrected chi connectivity index (χ4v) is 3.67. The van der Waals surface area contributed by atoms with Gasteiger partial charge in [-0.2, -0.15) is 0 Å². The zero-order valence-electron chi connectivity index (χ0n) is 15.5. The summed E-state index contributed by atoms with van der Waals surface area (Å²) in [5.74, 6) is -0.0771. The first-order chi connectivity index (χ1) is 13.3. The Morgan fingerprint density at radius 2 is 1.70 bits per heavy atom. The Kier molecular flexibility index (Phi) is 5.24. The minimum Gasteiger partial charge on any atom is -0.371 e. The van der Waals surface area contributed by atoms with Crippen LogP contribution in [0, 0.1) is 0 Å². The van der Waals surface area contributed by atoms with Crippen molar-refractivity contribution in [3.05, 3.63) is 84.2 Å². The summed E-state index contributed by atoms with van der Waals surface area (Å²) < 4.78 is 1.99. The van der Waals surface area contributed by atoms with Gasteiger partial charge in [0.05, 0.1) is 0 Å². The van der Waals surface area contributed by atoms with Gasteiger partial charge >= 0.3 is 0 Å². The van der Waals surface area contributed by atoms with Gasteiger partial charge in [0.1, 0.15) is 5.69 Å².